The summed E-state index contributed by atoms with van der Waals surface area (Å²) in [4.78, 5) is 39.9. The highest BCUT2D eigenvalue weighted by atomic mass is 16.7. The van der Waals surface area contributed by atoms with Crippen LogP contribution in [-0.2, 0) is 6.54 Å². The number of nitrogens with zero attached hydrogens (tertiary/aromatic N) is 2. The molecule has 144 valence electrons. The lowest BCUT2D eigenvalue weighted by atomic mass is 10.2. The Hall–Kier alpha value is -4.32. The molecule has 0 fully saturated rings. The van der Waals surface area contributed by atoms with Crippen molar-refractivity contribution in [2.45, 2.75) is 6.54 Å². The lowest BCUT2D eigenvalue weighted by molar-refractivity contribution is 0.102. The van der Waals surface area contributed by atoms with Gasteiger partial charge in [0.2, 0.25) is 6.79 Å². The zero-order valence-corrected chi connectivity index (χ0v) is 15.0. The van der Waals surface area contributed by atoms with E-state index in [1.54, 1.807) is 42.5 Å². The number of H-pyrrole nitrogens is 1. The molecule has 0 unspecified atom stereocenters. The zero-order chi connectivity index (χ0) is 20.4. The molecule has 0 radical (unpaired) electrons. The van der Waals surface area contributed by atoms with Gasteiger partial charge in [-0.2, -0.15) is 5.26 Å². The normalized spacial score (nSPS) is 11.7. The van der Waals surface area contributed by atoms with E-state index in [9.17, 15) is 14.4 Å². The Morgan fingerprint density at radius 1 is 1.17 bits per heavy atom. The van der Waals surface area contributed by atoms with E-state index < -0.39 is 17.2 Å². The van der Waals surface area contributed by atoms with Crippen molar-refractivity contribution in [2.24, 2.45) is 0 Å². The highest BCUT2D eigenvalue weighted by Crippen LogP contribution is 2.32. The number of benzene rings is 2. The number of hydrogen-bond acceptors (Lipinski definition) is 6. The highest BCUT2D eigenvalue weighted by Gasteiger charge is 2.18. The predicted octanol–water partition coefficient (Wildman–Crippen LogP) is 1.44. The van der Waals surface area contributed by atoms with Crippen molar-refractivity contribution < 1.29 is 14.3 Å². The Morgan fingerprint density at radius 3 is 2.79 bits per heavy atom. The quantitative estimate of drug-likeness (QED) is 0.694. The number of anilines is 1. The first kappa shape index (κ1) is 18.1. The highest BCUT2D eigenvalue weighted by molar-refractivity contribution is 6.04. The van der Waals surface area contributed by atoms with E-state index in [0.717, 1.165) is 10.8 Å². The first-order chi connectivity index (χ1) is 14.1. The van der Waals surface area contributed by atoms with Crippen molar-refractivity contribution in [3.8, 4) is 17.6 Å². The van der Waals surface area contributed by atoms with Crippen molar-refractivity contribution in [2.75, 3.05) is 12.1 Å². The molecule has 2 heterocycles. The summed E-state index contributed by atoms with van der Waals surface area (Å²) < 4.78 is 11.5. The lowest BCUT2D eigenvalue weighted by Gasteiger charge is -2.09. The molecule has 1 aliphatic heterocycles. The topological polar surface area (TPSA) is 126 Å². The number of nitriles is 1. The molecule has 9 nitrogen and oxygen atoms in total. The van der Waals surface area contributed by atoms with Gasteiger partial charge in [0.25, 0.3) is 11.5 Å². The van der Waals surface area contributed by atoms with Gasteiger partial charge in [-0.05, 0) is 29.8 Å². The van der Waals surface area contributed by atoms with E-state index in [2.05, 4.69) is 10.3 Å². The minimum absolute atomic E-state index is 0.0549. The van der Waals surface area contributed by atoms with Crippen LogP contribution in [0.4, 0.5) is 5.69 Å². The van der Waals surface area contributed by atoms with E-state index in [0.29, 0.717) is 17.1 Å². The lowest BCUT2D eigenvalue weighted by Crippen LogP contribution is -2.39. The number of rotatable bonds is 4. The summed E-state index contributed by atoms with van der Waals surface area (Å²) in [6.45, 7) is 0.0554. The van der Waals surface area contributed by atoms with E-state index in [4.69, 9.17) is 14.7 Å². The van der Waals surface area contributed by atoms with Crippen LogP contribution in [0.5, 0.6) is 11.5 Å². The number of amides is 1. The molecule has 0 aliphatic carbocycles. The molecule has 1 amide bonds. The third kappa shape index (κ3) is 3.46. The number of ether oxygens (including phenoxy) is 2. The standard InChI is InChI=1S/C20H14N4O5/c21-8-13-3-1-2-4-15(13)23-18(25)14-9-22-20(27)24(19(14)26)10-12-5-6-16-17(7-12)29-11-28-16/h1-7,9H,10-11H2,(H,22,27)(H,23,25). The van der Waals surface area contributed by atoms with E-state index >= 15 is 0 Å². The average molecular weight is 390 g/mol. The van der Waals surface area contributed by atoms with E-state index in [-0.39, 0.29) is 30.2 Å². The number of nitrogens with one attached hydrogen (secondary N) is 2. The summed E-state index contributed by atoms with van der Waals surface area (Å²) in [7, 11) is 0. The van der Waals surface area contributed by atoms with Crippen molar-refractivity contribution in [3.63, 3.8) is 0 Å². The summed E-state index contributed by atoms with van der Waals surface area (Å²) in [5, 5.41) is 11.7. The number of hydrogen-bond donors (Lipinski definition) is 2. The molecule has 0 saturated heterocycles. The summed E-state index contributed by atoms with van der Waals surface area (Å²) in [5.41, 5.74) is -0.494. The summed E-state index contributed by atoms with van der Waals surface area (Å²) in [5.74, 6) is 0.377. The number of carbonyl (C=O) groups is 1. The maximum absolute atomic E-state index is 12.8. The van der Waals surface area contributed by atoms with Gasteiger partial charge < -0.3 is 19.8 Å². The molecule has 0 atom stereocenters. The second kappa shape index (κ2) is 7.36. The van der Waals surface area contributed by atoms with Crippen LogP contribution in [0, 0.1) is 11.3 Å². The van der Waals surface area contributed by atoms with E-state index in [1.165, 1.54) is 0 Å². The molecule has 1 aromatic heterocycles. The third-order valence-electron chi connectivity index (χ3n) is 4.38. The minimum Gasteiger partial charge on any atom is -0.454 e. The van der Waals surface area contributed by atoms with E-state index in [1.807, 2.05) is 6.07 Å². The van der Waals surface area contributed by atoms with Gasteiger partial charge in [0.15, 0.2) is 11.5 Å². The number of fused-ring (bicyclic) bond motifs is 1. The minimum atomic E-state index is -0.752. The van der Waals surface area contributed by atoms with Gasteiger partial charge in [0, 0.05) is 6.20 Å². The first-order valence-electron chi connectivity index (χ1n) is 8.58. The Labute approximate surface area is 163 Å². The third-order valence-corrected chi connectivity index (χ3v) is 4.38. The predicted molar refractivity (Wildman–Crippen MR) is 102 cm³/mol. The Bertz CT molecular complexity index is 1270. The maximum atomic E-state index is 12.8. The van der Waals surface area contributed by atoms with Crippen LogP contribution in [0.15, 0.2) is 58.3 Å². The maximum Gasteiger partial charge on any atom is 0.328 e. The molecule has 9 heteroatoms. The number of para-hydroxylation sites is 1. The van der Waals surface area contributed by atoms with Gasteiger partial charge in [0.05, 0.1) is 17.8 Å². The van der Waals surface area contributed by atoms with Crippen molar-refractivity contribution >= 4 is 11.6 Å². The molecular weight excluding hydrogens is 376 g/mol. The number of carbonyl (C=O) groups excluding carboxylic acids is 1. The molecule has 2 N–H and O–H groups in total. The molecule has 1 aliphatic rings. The van der Waals surface area contributed by atoms with Crippen LogP contribution >= 0.6 is 0 Å². The van der Waals surface area contributed by atoms with Gasteiger partial charge in [0.1, 0.15) is 11.6 Å². The summed E-state index contributed by atoms with van der Waals surface area (Å²) in [6.07, 6.45) is 1.06. The molecule has 2 aromatic carbocycles. The number of aromatic nitrogens is 2. The smallest absolute Gasteiger partial charge is 0.328 e. The van der Waals surface area contributed by atoms with Gasteiger partial charge in [-0.1, -0.05) is 18.2 Å². The van der Waals surface area contributed by atoms with Crippen LogP contribution in [0.2, 0.25) is 0 Å². The van der Waals surface area contributed by atoms with Gasteiger partial charge in [-0.3, -0.25) is 14.2 Å². The molecule has 29 heavy (non-hydrogen) atoms. The molecule has 0 bridgehead atoms. The van der Waals surface area contributed by atoms with Crippen LogP contribution in [0.25, 0.3) is 0 Å². The van der Waals surface area contributed by atoms with Gasteiger partial charge >= 0.3 is 5.69 Å². The second-order valence-corrected chi connectivity index (χ2v) is 6.20. The largest absolute Gasteiger partial charge is 0.454 e. The Kier molecular flexibility index (Phi) is 4.58. The fourth-order valence-electron chi connectivity index (χ4n) is 2.92. The zero-order valence-electron chi connectivity index (χ0n) is 15.0. The molecule has 4 rings (SSSR count). The molecule has 3 aromatic rings. The van der Waals surface area contributed by atoms with Crippen LogP contribution in [0.1, 0.15) is 21.5 Å². The fourth-order valence-corrected chi connectivity index (χ4v) is 2.92. The Morgan fingerprint density at radius 2 is 1.97 bits per heavy atom. The molecular formula is C20H14N4O5. The van der Waals surface area contributed by atoms with Gasteiger partial charge in [-0.15, -0.1) is 0 Å². The van der Waals surface area contributed by atoms with Crippen LogP contribution < -0.4 is 26.0 Å². The van der Waals surface area contributed by atoms with Crippen LogP contribution in [0.3, 0.4) is 0 Å². The molecule has 0 spiro atoms. The SMILES string of the molecule is N#Cc1ccccc1NC(=O)c1c[nH]c(=O)n(Cc2ccc3c(c2)OCO3)c1=O. The number of aromatic amines is 1. The Balaban J connectivity index is 1.65. The van der Waals surface area contributed by atoms with Crippen molar-refractivity contribution in [1.82, 2.24) is 9.55 Å². The average Bonchev–Trinajstić information content (AvgIpc) is 3.19. The summed E-state index contributed by atoms with van der Waals surface area (Å²) in [6, 6.07) is 13.4. The fraction of sp³-hybridized carbons (Fsp3) is 0.100. The second-order valence-electron chi connectivity index (χ2n) is 6.20. The van der Waals surface area contributed by atoms with Crippen LogP contribution in [-0.4, -0.2) is 22.3 Å². The van der Waals surface area contributed by atoms with Gasteiger partial charge in [-0.25, -0.2) is 4.79 Å². The summed E-state index contributed by atoms with van der Waals surface area (Å²) >= 11 is 0. The monoisotopic (exact) mass is 390 g/mol. The first-order valence-corrected chi connectivity index (χ1v) is 8.58. The molecule has 0 saturated carbocycles. The van der Waals surface area contributed by atoms with Crippen molar-refractivity contribution in [1.29, 1.82) is 5.26 Å². The van der Waals surface area contributed by atoms with Crippen molar-refractivity contribution in [3.05, 3.63) is 86.2 Å².